The van der Waals surface area contributed by atoms with Gasteiger partial charge in [-0.15, -0.1) is 0 Å². The highest BCUT2D eigenvalue weighted by Crippen LogP contribution is 2.50. The first-order chi connectivity index (χ1) is 16.3. The Kier molecular flexibility index (Phi) is 5.40. The Balaban J connectivity index is 1.64. The summed E-state index contributed by atoms with van der Waals surface area (Å²) in [6.45, 7) is 1.08. The van der Waals surface area contributed by atoms with Crippen molar-refractivity contribution in [2.45, 2.75) is 5.79 Å². The lowest BCUT2D eigenvalue weighted by Crippen LogP contribution is -2.41. The summed E-state index contributed by atoms with van der Waals surface area (Å²) < 4.78 is 89.5. The fraction of sp³-hybridized carbons (Fsp3) is 0.208. The Morgan fingerprint density at radius 1 is 0.765 bits per heavy atom. The lowest BCUT2D eigenvalue weighted by molar-refractivity contribution is -0.0524. The molecule has 5 nitrogen and oxygen atoms in total. The van der Waals surface area contributed by atoms with Gasteiger partial charge in [0.1, 0.15) is 5.82 Å². The summed E-state index contributed by atoms with van der Waals surface area (Å²) in [4.78, 5) is 14.2. The maximum atomic E-state index is 14.9. The Hall–Kier alpha value is -3.66. The Bertz CT molecular complexity index is 1240. The molecule has 5 rings (SSSR count). The Labute approximate surface area is 190 Å². The molecule has 0 N–H and O–H groups in total. The highest BCUT2D eigenvalue weighted by Gasteiger charge is 2.50. The number of rotatable bonds is 3. The molecule has 2 aliphatic rings. The van der Waals surface area contributed by atoms with Gasteiger partial charge in [-0.2, -0.15) is 0 Å². The van der Waals surface area contributed by atoms with Crippen LogP contribution in [0.15, 0.2) is 48.5 Å². The molecule has 0 radical (unpaired) electrons. The summed E-state index contributed by atoms with van der Waals surface area (Å²) in [5.74, 6) is -10.1. The van der Waals surface area contributed by atoms with Crippen molar-refractivity contribution in [3.05, 3.63) is 94.3 Å². The molecule has 0 spiro atoms. The number of halogens is 5. The van der Waals surface area contributed by atoms with Gasteiger partial charge in [0, 0.05) is 19.2 Å². The first kappa shape index (κ1) is 22.1. The fourth-order valence-electron chi connectivity index (χ4n) is 4.01. The highest BCUT2D eigenvalue weighted by atomic mass is 19.2. The van der Waals surface area contributed by atoms with Crippen molar-refractivity contribution in [1.82, 2.24) is 4.90 Å². The molecule has 34 heavy (non-hydrogen) atoms. The van der Waals surface area contributed by atoms with Gasteiger partial charge in [0.25, 0.3) is 5.91 Å². The van der Waals surface area contributed by atoms with Crippen LogP contribution in [0.3, 0.4) is 0 Å². The topological polar surface area (TPSA) is 48.0 Å². The van der Waals surface area contributed by atoms with Crippen molar-refractivity contribution in [3.8, 4) is 11.5 Å². The van der Waals surface area contributed by atoms with Crippen LogP contribution in [0, 0.1) is 29.1 Å². The van der Waals surface area contributed by atoms with Crippen LogP contribution in [-0.4, -0.2) is 37.1 Å². The van der Waals surface area contributed by atoms with Crippen molar-refractivity contribution >= 4 is 5.91 Å². The summed E-state index contributed by atoms with van der Waals surface area (Å²) in [6, 6.07) is 7.95. The van der Waals surface area contributed by atoms with Crippen LogP contribution < -0.4 is 9.47 Å². The van der Waals surface area contributed by atoms with E-state index in [1.807, 2.05) is 0 Å². The molecule has 10 heteroatoms. The smallest absolute Gasteiger partial charge is 0.311 e. The zero-order valence-electron chi connectivity index (χ0n) is 17.4. The molecular formula is C24H16F5NO4. The van der Waals surface area contributed by atoms with E-state index in [1.54, 1.807) is 0 Å². The number of ether oxygens (including phenoxy) is 3. The number of fused-ring (bicyclic) bond motifs is 1. The van der Waals surface area contributed by atoms with E-state index in [1.165, 1.54) is 4.90 Å². The van der Waals surface area contributed by atoms with E-state index >= 15 is 0 Å². The van der Waals surface area contributed by atoms with Gasteiger partial charge in [-0.3, -0.25) is 4.79 Å². The van der Waals surface area contributed by atoms with Gasteiger partial charge in [0.15, 0.2) is 34.8 Å². The predicted molar refractivity (Wildman–Crippen MR) is 108 cm³/mol. The number of nitrogens with zero attached hydrogens (tertiary/aromatic N) is 1. The largest absolute Gasteiger partial charge is 0.440 e. The summed E-state index contributed by atoms with van der Waals surface area (Å²) in [6.07, 6.45) is 0. The predicted octanol–water partition coefficient (Wildman–Crippen LogP) is 4.53. The van der Waals surface area contributed by atoms with E-state index in [-0.39, 0.29) is 30.2 Å². The molecule has 0 saturated carbocycles. The average molecular weight is 477 g/mol. The molecule has 0 bridgehead atoms. The maximum Gasteiger partial charge on any atom is 0.311 e. The van der Waals surface area contributed by atoms with Gasteiger partial charge in [-0.1, -0.05) is 12.1 Å². The third-order valence-electron chi connectivity index (χ3n) is 5.68. The number of hydrogen-bond acceptors (Lipinski definition) is 4. The second kappa shape index (κ2) is 8.28. The lowest BCUT2D eigenvalue weighted by Gasteiger charge is -2.29. The molecule has 3 aromatic carbocycles. The average Bonchev–Trinajstić information content (AvgIpc) is 3.21. The molecule has 1 fully saturated rings. The van der Waals surface area contributed by atoms with E-state index < -0.39 is 51.9 Å². The molecule has 1 amide bonds. The van der Waals surface area contributed by atoms with E-state index in [9.17, 15) is 26.7 Å². The summed E-state index contributed by atoms with van der Waals surface area (Å²) in [5.41, 5.74) is -1.57. The monoisotopic (exact) mass is 477 g/mol. The van der Waals surface area contributed by atoms with E-state index in [0.29, 0.717) is 13.2 Å². The van der Waals surface area contributed by atoms with Gasteiger partial charge >= 0.3 is 5.79 Å². The molecule has 0 unspecified atom stereocenters. The van der Waals surface area contributed by atoms with Gasteiger partial charge in [0.05, 0.1) is 29.9 Å². The minimum absolute atomic E-state index is 0.231. The summed E-state index contributed by atoms with van der Waals surface area (Å²) in [5, 5.41) is 0. The van der Waals surface area contributed by atoms with Crippen molar-refractivity contribution in [2.75, 3.05) is 26.3 Å². The molecule has 3 aromatic rings. The second-order valence-electron chi connectivity index (χ2n) is 7.71. The third kappa shape index (κ3) is 3.45. The van der Waals surface area contributed by atoms with Crippen molar-refractivity contribution in [2.24, 2.45) is 0 Å². The van der Waals surface area contributed by atoms with Crippen molar-refractivity contribution in [3.63, 3.8) is 0 Å². The molecule has 2 heterocycles. The third-order valence-corrected chi connectivity index (χ3v) is 5.68. The standard InChI is InChI=1S/C24H16F5NO4/c25-16-5-1-3-14(21(16)28)24(15-4-2-6-17(26)22(15)29)33-19-11-13(18(27)12-20(19)34-24)23(31)30-7-9-32-10-8-30/h1-6,11-12H,7-10H2. The van der Waals surface area contributed by atoms with E-state index in [2.05, 4.69) is 0 Å². The van der Waals surface area contributed by atoms with Gasteiger partial charge in [0.2, 0.25) is 0 Å². The Morgan fingerprint density at radius 3 is 1.85 bits per heavy atom. The zero-order valence-corrected chi connectivity index (χ0v) is 17.4. The van der Waals surface area contributed by atoms with Crippen LogP contribution in [0.2, 0.25) is 0 Å². The summed E-state index contributed by atoms with van der Waals surface area (Å²) in [7, 11) is 0. The molecule has 1 saturated heterocycles. The van der Waals surface area contributed by atoms with E-state index in [4.69, 9.17) is 14.2 Å². The van der Waals surface area contributed by atoms with Crippen LogP contribution in [0.5, 0.6) is 11.5 Å². The first-order valence-electron chi connectivity index (χ1n) is 10.3. The molecular weight excluding hydrogens is 461 g/mol. The van der Waals surface area contributed by atoms with Crippen molar-refractivity contribution < 1.29 is 41.0 Å². The minimum atomic E-state index is -2.52. The first-order valence-corrected chi connectivity index (χ1v) is 10.3. The molecule has 2 aliphatic heterocycles. The number of carbonyl (C=O) groups excluding carboxylic acids is 1. The van der Waals surface area contributed by atoms with Crippen LogP contribution in [0.1, 0.15) is 21.5 Å². The number of amides is 1. The molecule has 0 aliphatic carbocycles. The number of benzene rings is 3. The Morgan fingerprint density at radius 2 is 1.29 bits per heavy atom. The zero-order chi connectivity index (χ0) is 24.0. The van der Waals surface area contributed by atoms with Crippen LogP contribution in [0.4, 0.5) is 22.0 Å². The van der Waals surface area contributed by atoms with E-state index in [0.717, 1.165) is 48.5 Å². The van der Waals surface area contributed by atoms with Gasteiger partial charge in [-0.25, -0.2) is 22.0 Å². The fourth-order valence-corrected chi connectivity index (χ4v) is 4.01. The second-order valence-corrected chi connectivity index (χ2v) is 7.71. The molecule has 176 valence electrons. The highest BCUT2D eigenvalue weighted by molar-refractivity contribution is 5.95. The van der Waals surface area contributed by atoms with Crippen LogP contribution in [-0.2, 0) is 10.5 Å². The van der Waals surface area contributed by atoms with Gasteiger partial charge < -0.3 is 19.1 Å². The number of morpholine rings is 1. The quantitative estimate of drug-likeness (QED) is 0.521. The number of carbonyl (C=O) groups is 1. The van der Waals surface area contributed by atoms with Crippen LogP contribution in [0.25, 0.3) is 0 Å². The number of hydrogen-bond donors (Lipinski definition) is 0. The van der Waals surface area contributed by atoms with Crippen molar-refractivity contribution in [1.29, 1.82) is 0 Å². The van der Waals surface area contributed by atoms with Crippen LogP contribution >= 0.6 is 0 Å². The minimum Gasteiger partial charge on any atom is -0.440 e. The maximum absolute atomic E-state index is 14.9. The summed E-state index contributed by atoms with van der Waals surface area (Å²) >= 11 is 0. The lowest BCUT2D eigenvalue weighted by atomic mass is 9.95. The normalized spacial score (nSPS) is 16.6. The molecule has 0 atom stereocenters. The molecule has 0 aromatic heterocycles. The van der Waals surface area contributed by atoms with Gasteiger partial charge in [-0.05, 0) is 30.3 Å². The SMILES string of the molecule is O=C(c1cc2c(cc1F)OC(c1cccc(F)c1F)(c1cccc(F)c1F)O2)N1CCOCC1.